The minimum Gasteiger partial charge on any atom is -0.344 e. The van der Waals surface area contributed by atoms with Crippen LogP contribution in [0, 0.1) is 0 Å². The molecule has 0 bridgehead atoms. The third-order valence-corrected chi connectivity index (χ3v) is 3.87. The van der Waals surface area contributed by atoms with E-state index in [1.54, 1.807) is 0 Å². The molecule has 5 nitrogen and oxygen atoms in total. The van der Waals surface area contributed by atoms with Gasteiger partial charge in [0.2, 0.25) is 0 Å². The Hall–Kier alpha value is -2.17. The van der Waals surface area contributed by atoms with Crippen LogP contribution in [0.4, 0.5) is 0 Å². The minimum absolute atomic E-state index is 0.0357. The number of aryl methyl sites for hydroxylation is 2. The van der Waals surface area contributed by atoms with Gasteiger partial charge in [-0.1, -0.05) is 18.2 Å². The first-order valence-electron chi connectivity index (χ1n) is 7.02. The molecule has 0 spiro atoms. The fraction of sp³-hybridized carbons (Fsp3) is 0.400. The highest BCUT2D eigenvalue weighted by atomic mass is 16.2. The standard InChI is InChI=1S/C15H18N4O/c1-10(17-15(20)14-9-16-19-18-14)12-7-6-11-4-2-3-5-13(11)8-12/h6-10H,2-5H2,1H3,(H,17,20)(H,16,18,19). The molecule has 104 valence electrons. The van der Waals surface area contributed by atoms with E-state index in [9.17, 15) is 4.79 Å². The van der Waals surface area contributed by atoms with Gasteiger partial charge in [0.25, 0.3) is 5.91 Å². The minimum atomic E-state index is -0.205. The average Bonchev–Trinajstić information content (AvgIpc) is 3.01. The number of amides is 1. The Labute approximate surface area is 117 Å². The zero-order valence-electron chi connectivity index (χ0n) is 11.5. The van der Waals surface area contributed by atoms with Gasteiger partial charge in [0.1, 0.15) is 0 Å². The maximum Gasteiger partial charge on any atom is 0.273 e. The summed E-state index contributed by atoms with van der Waals surface area (Å²) in [4.78, 5) is 11.9. The van der Waals surface area contributed by atoms with E-state index >= 15 is 0 Å². The summed E-state index contributed by atoms with van der Waals surface area (Å²) in [5.74, 6) is -0.205. The maximum atomic E-state index is 11.9. The molecule has 0 saturated carbocycles. The van der Waals surface area contributed by atoms with Crippen molar-refractivity contribution in [2.75, 3.05) is 0 Å². The van der Waals surface area contributed by atoms with Crippen molar-refractivity contribution in [3.05, 3.63) is 46.8 Å². The lowest BCUT2D eigenvalue weighted by atomic mass is 9.89. The van der Waals surface area contributed by atoms with Gasteiger partial charge in [0, 0.05) is 0 Å². The van der Waals surface area contributed by atoms with Crippen LogP contribution < -0.4 is 5.32 Å². The van der Waals surface area contributed by atoms with E-state index in [4.69, 9.17) is 0 Å². The van der Waals surface area contributed by atoms with E-state index in [1.807, 2.05) is 6.92 Å². The molecule has 1 aromatic heterocycles. The SMILES string of the molecule is CC(NC(=O)c1cn[nH]n1)c1ccc2c(c1)CCCC2. The topological polar surface area (TPSA) is 70.7 Å². The number of hydrogen-bond donors (Lipinski definition) is 2. The van der Waals surface area contributed by atoms with Crippen molar-refractivity contribution in [2.45, 2.75) is 38.6 Å². The second kappa shape index (κ2) is 5.45. The monoisotopic (exact) mass is 270 g/mol. The van der Waals surface area contributed by atoms with Crippen LogP contribution in [0.3, 0.4) is 0 Å². The van der Waals surface area contributed by atoms with Gasteiger partial charge in [-0.3, -0.25) is 4.79 Å². The van der Waals surface area contributed by atoms with Gasteiger partial charge < -0.3 is 5.32 Å². The Morgan fingerprint density at radius 3 is 2.85 bits per heavy atom. The molecule has 3 rings (SSSR count). The number of aromatic nitrogens is 3. The first-order chi connectivity index (χ1) is 9.74. The molecule has 0 aliphatic heterocycles. The normalized spacial score (nSPS) is 15.4. The third kappa shape index (κ3) is 2.57. The number of fused-ring (bicyclic) bond motifs is 1. The predicted octanol–water partition coefficient (Wildman–Crippen LogP) is 2.17. The molecule has 20 heavy (non-hydrogen) atoms. The summed E-state index contributed by atoms with van der Waals surface area (Å²) in [5.41, 5.74) is 4.34. The van der Waals surface area contributed by atoms with Crippen molar-refractivity contribution in [3.63, 3.8) is 0 Å². The van der Waals surface area contributed by atoms with Crippen LogP contribution in [-0.2, 0) is 12.8 Å². The lowest BCUT2D eigenvalue weighted by Gasteiger charge is -2.19. The number of rotatable bonds is 3. The van der Waals surface area contributed by atoms with Gasteiger partial charge in [-0.2, -0.15) is 15.4 Å². The molecule has 1 heterocycles. The molecule has 0 saturated heterocycles. The summed E-state index contributed by atoms with van der Waals surface area (Å²) in [5, 5.41) is 12.8. The van der Waals surface area contributed by atoms with Crippen molar-refractivity contribution in [1.29, 1.82) is 0 Å². The van der Waals surface area contributed by atoms with Crippen LogP contribution in [0.15, 0.2) is 24.4 Å². The second-order valence-electron chi connectivity index (χ2n) is 5.29. The van der Waals surface area contributed by atoms with Crippen LogP contribution >= 0.6 is 0 Å². The molecule has 0 radical (unpaired) electrons. The van der Waals surface area contributed by atoms with E-state index in [1.165, 1.54) is 36.6 Å². The number of carbonyl (C=O) groups is 1. The molecule has 2 aromatic rings. The van der Waals surface area contributed by atoms with Crippen LogP contribution in [-0.4, -0.2) is 21.3 Å². The highest BCUT2D eigenvalue weighted by Gasteiger charge is 2.15. The molecular weight excluding hydrogens is 252 g/mol. The maximum absolute atomic E-state index is 11.9. The Kier molecular flexibility index (Phi) is 3.50. The summed E-state index contributed by atoms with van der Waals surface area (Å²) in [7, 11) is 0. The molecular formula is C15H18N4O. The molecule has 5 heteroatoms. The van der Waals surface area contributed by atoms with E-state index in [2.05, 4.69) is 38.9 Å². The molecule has 0 fully saturated rings. The van der Waals surface area contributed by atoms with Crippen LogP contribution in [0.1, 0.15) is 53.0 Å². The molecule has 1 atom stereocenters. The number of carbonyl (C=O) groups excluding carboxylic acids is 1. The van der Waals surface area contributed by atoms with Crippen molar-refractivity contribution >= 4 is 5.91 Å². The van der Waals surface area contributed by atoms with Crippen LogP contribution in [0.5, 0.6) is 0 Å². The zero-order valence-corrected chi connectivity index (χ0v) is 11.5. The zero-order chi connectivity index (χ0) is 13.9. The van der Waals surface area contributed by atoms with Crippen LogP contribution in [0.2, 0.25) is 0 Å². The Morgan fingerprint density at radius 2 is 2.10 bits per heavy atom. The highest BCUT2D eigenvalue weighted by molar-refractivity contribution is 5.92. The average molecular weight is 270 g/mol. The lowest BCUT2D eigenvalue weighted by molar-refractivity contribution is 0.0935. The van der Waals surface area contributed by atoms with Gasteiger partial charge in [-0.25, -0.2) is 0 Å². The van der Waals surface area contributed by atoms with E-state index in [0.717, 1.165) is 12.0 Å². The number of benzene rings is 1. The number of H-pyrrole nitrogens is 1. The molecule has 1 aromatic carbocycles. The third-order valence-electron chi connectivity index (χ3n) is 3.87. The number of hydrogen-bond acceptors (Lipinski definition) is 3. The van der Waals surface area contributed by atoms with Gasteiger partial charge in [-0.15, -0.1) is 0 Å². The fourth-order valence-electron chi connectivity index (χ4n) is 2.69. The number of aromatic amines is 1. The quantitative estimate of drug-likeness (QED) is 0.898. The molecule has 1 unspecified atom stereocenters. The first kappa shape index (κ1) is 12.8. The summed E-state index contributed by atoms with van der Waals surface area (Å²) >= 11 is 0. The van der Waals surface area contributed by atoms with E-state index < -0.39 is 0 Å². The Morgan fingerprint density at radius 1 is 1.30 bits per heavy atom. The lowest BCUT2D eigenvalue weighted by Crippen LogP contribution is -2.27. The largest absolute Gasteiger partial charge is 0.344 e. The highest BCUT2D eigenvalue weighted by Crippen LogP contribution is 2.24. The summed E-state index contributed by atoms with van der Waals surface area (Å²) in [6.45, 7) is 1.99. The fourth-order valence-corrected chi connectivity index (χ4v) is 2.69. The summed E-state index contributed by atoms with van der Waals surface area (Å²) in [6.07, 6.45) is 6.29. The van der Waals surface area contributed by atoms with Gasteiger partial charge in [-0.05, 0) is 49.3 Å². The van der Waals surface area contributed by atoms with Crippen molar-refractivity contribution in [3.8, 4) is 0 Å². The first-order valence-corrected chi connectivity index (χ1v) is 7.02. The predicted molar refractivity (Wildman–Crippen MR) is 75.3 cm³/mol. The number of nitrogens with one attached hydrogen (secondary N) is 2. The van der Waals surface area contributed by atoms with Crippen molar-refractivity contribution in [2.24, 2.45) is 0 Å². The Bertz CT molecular complexity index is 606. The molecule has 1 aliphatic carbocycles. The van der Waals surface area contributed by atoms with Crippen LogP contribution in [0.25, 0.3) is 0 Å². The summed E-state index contributed by atoms with van der Waals surface area (Å²) in [6, 6.07) is 6.49. The van der Waals surface area contributed by atoms with Crippen molar-refractivity contribution in [1.82, 2.24) is 20.7 Å². The summed E-state index contributed by atoms with van der Waals surface area (Å²) < 4.78 is 0. The molecule has 1 aliphatic rings. The molecule has 1 amide bonds. The number of nitrogens with zero attached hydrogens (tertiary/aromatic N) is 2. The molecule has 2 N–H and O–H groups in total. The van der Waals surface area contributed by atoms with Gasteiger partial charge in [0.15, 0.2) is 5.69 Å². The Balaban J connectivity index is 1.74. The van der Waals surface area contributed by atoms with E-state index in [0.29, 0.717) is 5.69 Å². The smallest absolute Gasteiger partial charge is 0.273 e. The van der Waals surface area contributed by atoms with E-state index in [-0.39, 0.29) is 11.9 Å². The van der Waals surface area contributed by atoms with Crippen molar-refractivity contribution < 1.29 is 4.79 Å². The van der Waals surface area contributed by atoms with Gasteiger partial charge >= 0.3 is 0 Å². The second-order valence-corrected chi connectivity index (χ2v) is 5.29. The van der Waals surface area contributed by atoms with Gasteiger partial charge in [0.05, 0.1) is 12.2 Å².